The van der Waals surface area contributed by atoms with Gasteiger partial charge in [-0.3, -0.25) is 0 Å². The molecule has 1 heterocycles. The van der Waals surface area contributed by atoms with Gasteiger partial charge < -0.3 is 9.84 Å². The molecular formula is C21H26O4. The number of methoxy groups -OCH3 is 1. The van der Waals surface area contributed by atoms with Gasteiger partial charge >= 0.3 is 0 Å². The zero-order valence-corrected chi connectivity index (χ0v) is 15.2. The lowest BCUT2D eigenvalue weighted by Gasteiger charge is -2.51. The number of ether oxygens (including phenoxy) is 1. The molecular weight excluding hydrogens is 316 g/mol. The molecule has 2 aromatic carbocycles. The minimum absolute atomic E-state index is 0.306. The van der Waals surface area contributed by atoms with Gasteiger partial charge in [0.05, 0.1) is 5.60 Å². The van der Waals surface area contributed by atoms with Gasteiger partial charge in [0.1, 0.15) is 0 Å². The second kappa shape index (κ2) is 6.54. The van der Waals surface area contributed by atoms with E-state index in [1.807, 2.05) is 60.7 Å². The second-order valence-electron chi connectivity index (χ2n) is 7.36. The van der Waals surface area contributed by atoms with Gasteiger partial charge in [0.15, 0.2) is 5.60 Å². The molecule has 1 saturated heterocycles. The molecule has 1 aliphatic heterocycles. The average Bonchev–Trinajstić information content (AvgIpc) is 2.63. The van der Waals surface area contributed by atoms with Crippen LogP contribution in [0.5, 0.6) is 0 Å². The molecule has 0 bridgehead atoms. The maximum atomic E-state index is 10.8. The quantitative estimate of drug-likeness (QED) is 0.852. The third-order valence-corrected chi connectivity index (χ3v) is 5.21. The normalized spacial score (nSPS) is 26.4. The number of hydrogen-bond donors (Lipinski definition) is 1. The molecule has 0 aromatic heterocycles. The largest absolute Gasteiger partial charge is 0.390 e. The summed E-state index contributed by atoms with van der Waals surface area (Å²) in [6.45, 7) is 5.37. The highest BCUT2D eigenvalue weighted by Gasteiger charge is 2.56. The van der Waals surface area contributed by atoms with Crippen LogP contribution in [0.25, 0.3) is 0 Å². The molecule has 4 heteroatoms. The topological polar surface area (TPSA) is 47.9 Å². The molecule has 1 aliphatic rings. The number of benzene rings is 2. The van der Waals surface area contributed by atoms with Crippen LogP contribution in [0.3, 0.4) is 0 Å². The number of hydrogen-bond acceptors (Lipinski definition) is 4. The lowest BCUT2D eigenvalue weighted by atomic mass is 9.71. The van der Waals surface area contributed by atoms with Crippen molar-refractivity contribution in [3.8, 4) is 0 Å². The second-order valence-corrected chi connectivity index (χ2v) is 7.36. The van der Waals surface area contributed by atoms with Gasteiger partial charge in [-0.15, -0.1) is 0 Å². The Hall–Kier alpha value is -1.72. The summed E-state index contributed by atoms with van der Waals surface area (Å²) < 4.78 is 5.58. The molecule has 134 valence electrons. The highest BCUT2D eigenvalue weighted by molar-refractivity contribution is 5.37. The molecule has 0 aliphatic carbocycles. The van der Waals surface area contributed by atoms with Crippen LogP contribution in [0.2, 0.25) is 0 Å². The fraction of sp³-hybridized carbons (Fsp3) is 0.429. The molecule has 25 heavy (non-hydrogen) atoms. The molecule has 3 rings (SSSR count). The Kier molecular flexibility index (Phi) is 4.73. The first-order chi connectivity index (χ1) is 11.8. The van der Waals surface area contributed by atoms with Gasteiger partial charge in [-0.1, -0.05) is 60.7 Å². The van der Waals surface area contributed by atoms with Crippen molar-refractivity contribution >= 4 is 0 Å². The molecule has 2 atom stereocenters. The molecule has 0 saturated carbocycles. The first-order valence-corrected chi connectivity index (χ1v) is 8.57. The molecule has 2 unspecified atom stereocenters. The van der Waals surface area contributed by atoms with Crippen LogP contribution in [0, 0.1) is 5.92 Å². The minimum Gasteiger partial charge on any atom is -0.390 e. The monoisotopic (exact) mass is 342 g/mol. The molecule has 0 amide bonds. The van der Waals surface area contributed by atoms with Gasteiger partial charge in [0, 0.05) is 13.0 Å². The number of rotatable bonds is 4. The molecule has 2 aromatic rings. The SMILES string of the molecule is COC1(C)OOC(c2ccccc2)(c2ccccc2)CC1C(C)(C)O. The Morgan fingerprint density at radius 1 is 0.960 bits per heavy atom. The lowest BCUT2D eigenvalue weighted by molar-refractivity contribution is -0.504. The first kappa shape index (κ1) is 18.1. The molecule has 1 fully saturated rings. The van der Waals surface area contributed by atoms with Gasteiger partial charge in [-0.05, 0) is 38.3 Å². The predicted octanol–water partition coefficient (Wildman–Crippen LogP) is 4.03. The molecule has 0 radical (unpaired) electrons. The molecule has 4 nitrogen and oxygen atoms in total. The van der Waals surface area contributed by atoms with E-state index in [0.29, 0.717) is 6.42 Å². The van der Waals surface area contributed by atoms with Gasteiger partial charge in [-0.2, -0.15) is 4.89 Å². The zero-order chi connectivity index (χ0) is 18.1. The summed E-state index contributed by atoms with van der Waals surface area (Å²) in [5, 5.41) is 10.8. The van der Waals surface area contributed by atoms with E-state index in [1.54, 1.807) is 27.9 Å². The fourth-order valence-electron chi connectivity index (χ4n) is 3.70. The van der Waals surface area contributed by atoms with Crippen molar-refractivity contribution in [3.05, 3.63) is 71.8 Å². The summed E-state index contributed by atoms with van der Waals surface area (Å²) in [4.78, 5) is 11.8. The van der Waals surface area contributed by atoms with Crippen LogP contribution in [0.15, 0.2) is 60.7 Å². The zero-order valence-electron chi connectivity index (χ0n) is 15.2. The van der Waals surface area contributed by atoms with E-state index in [2.05, 4.69) is 0 Å². The van der Waals surface area contributed by atoms with Crippen molar-refractivity contribution in [2.75, 3.05) is 7.11 Å². The summed E-state index contributed by atoms with van der Waals surface area (Å²) in [6, 6.07) is 19.9. The Morgan fingerprint density at radius 3 is 1.84 bits per heavy atom. The number of aliphatic hydroxyl groups is 1. The van der Waals surface area contributed by atoms with Gasteiger partial charge in [0.25, 0.3) is 0 Å². The van der Waals surface area contributed by atoms with Crippen molar-refractivity contribution in [1.29, 1.82) is 0 Å². The summed E-state index contributed by atoms with van der Waals surface area (Å²) in [5.74, 6) is -1.34. The van der Waals surface area contributed by atoms with E-state index in [-0.39, 0.29) is 5.92 Å². The smallest absolute Gasteiger partial charge is 0.204 e. The van der Waals surface area contributed by atoms with Crippen molar-refractivity contribution in [1.82, 2.24) is 0 Å². The van der Waals surface area contributed by atoms with E-state index in [1.165, 1.54) is 0 Å². The van der Waals surface area contributed by atoms with Crippen molar-refractivity contribution < 1.29 is 19.6 Å². The van der Waals surface area contributed by atoms with Gasteiger partial charge in [-0.25, -0.2) is 4.89 Å². The van der Waals surface area contributed by atoms with E-state index < -0.39 is 17.0 Å². The third-order valence-electron chi connectivity index (χ3n) is 5.21. The highest BCUT2D eigenvalue weighted by atomic mass is 17.2. The predicted molar refractivity (Wildman–Crippen MR) is 95.7 cm³/mol. The van der Waals surface area contributed by atoms with Crippen molar-refractivity contribution in [3.63, 3.8) is 0 Å². The van der Waals surface area contributed by atoms with E-state index in [4.69, 9.17) is 14.5 Å². The summed E-state index contributed by atoms with van der Waals surface area (Å²) in [7, 11) is 1.57. The Labute approximate surface area is 149 Å². The van der Waals surface area contributed by atoms with Crippen LogP contribution in [-0.2, 0) is 20.1 Å². The van der Waals surface area contributed by atoms with Crippen LogP contribution in [0.1, 0.15) is 38.3 Å². The molecule has 0 spiro atoms. The van der Waals surface area contributed by atoms with Crippen molar-refractivity contribution in [2.45, 2.75) is 44.2 Å². The van der Waals surface area contributed by atoms with Crippen LogP contribution < -0.4 is 0 Å². The fourth-order valence-corrected chi connectivity index (χ4v) is 3.70. The van der Waals surface area contributed by atoms with Crippen molar-refractivity contribution in [2.24, 2.45) is 5.92 Å². The maximum absolute atomic E-state index is 10.8. The maximum Gasteiger partial charge on any atom is 0.204 e. The Bertz CT molecular complexity index is 653. The molecule has 1 N–H and O–H groups in total. The van der Waals surface area contributed by atoms with E-state index in [0.717, 1.165) is 11.1 Å². The van der Waals surface area contributed by atoms with Crippen LogP contribution in [0.4, 0.5) is 0 Å². The Morgan fingerprint density at radius 2 is 1.44 bits per heavy atom. The van der Waals surface area contributed by atoms with Gasteiger partial charge in [0.2, 0.25) is 5.79 Å². The van der Waals surface area contributed by atoms with Crippen LogP contribution >= 0.6 is 0 Å². The lowest BCUT2D eigenvalue weighted by Crippen LogP contribution is -2.58. The van der Waals surface area contributed by atoms with E-state index in [9.17, 15) is 5.11 Å². The Balaban J connectivity index is 2.14. The minimum atomic E-state index is -1.04. The first-order valence-electron chi connectivity index (χ1n) is 8.57. The average molecular weight is 342 g/mol. The summed E-state index contributed by atoms with van der Waals surface area (Å²) in [5.41, 5.74) is 0.136. The summed E-state index contributed by atoms with van der Waals surface area (Å²) in [6.07, 6.45) is 0.523. The standard InChI is InChI=1S/C21H26O4/c1-19(2,22)18-15-21(16-11-7-5-8-12-16,17-13-9-6-10-14-17)25-24-20(18,3)23-4/h5-14,18,22H,15H2,1-4H3. The van der Waals surface area contributed by atoms with Crippen LogP contribution in [-0.4, -0.2) is 23.6 Å². The summed E-state index contributed by atoms with van der Waals surface area (Å²) >= 11 is 0. The third kappa shape index (κ3) is 3.23. The highest BCUT2D eigenvalue weighted by Crippen LogP contribution is 2.50. The van der Waals surface area contributed by atoms with E-state index >= 15 is 0 Å².